The lowest BCUT2D eigenvalue weighted by Gasteiger charge is -2.05. The topological polar surface area (TPSA) is 88.2 Å². The minimum absolute atomic E-state index is 0.211. The summed E-state index contributed by atoms with van der Waals surface area (Å²) in [6, 6.07) is 0. The standard InChI is InChI=1S/C6H6F3N3O3/c7-6(8,9)2-10-1-3-11-4(5(13)14)12-15-3/h10H,1-2H2,(H,13,14). The largest absolute Gasteiger partial charge is 0.475 e. The fourth-order valence-corrected chi connectivity index (χ4v) is 0.725. The van der Waals surface area contributed by atoms with Gasteiger partial charge in [-0.15, -0.1) is 0 Å². The summed E-state index contributed by atoms with van der Waals surface area (Å²) in [5.74, 6) is -2.20. The van der Waals surface area contributed by atoms with E-state index in [-0.39, 0.29) is 12.4 Å². The van der Waals surface area contributed by atoms with Crippen LogP contribution in [-0.4, -0.2) is 33.9 Å². The molecule has 0 aliphatic carbocycles. The zero-order valence-electron chi connectivity index (χ0n) is 7.21. The molecule has 0 saturated heterocycles. The first-order chi connectivity index (χ1) is 6.88. The van der Waals surface area contributed by atoms with Gasteiger partial charge in [0.1, 0.15) is 0 Å². The van der Waals surface area contributed by atoms with Crippen molar-refractivity contribution >= 4 is 5.97 Å². The Bertz CT molecular complexity index is 349. The Kier molecular flexibility index (Phi) is 3.24. The number of aromatic carboxylic acids is 1. The van der Waals surface area contributed by atoms with Crippen LogP contribution in [0.3, 0.4) is 0 Å². The van der Waals surface area contributed by atoms with Crippen LogP contribution >= 0.6 is 0 Å². The number of alkyl halides is 3. The Hall–Kier alpha value is -1.64. The molecule has 1 aromatic heterocycles. The van der Waals surface area contributed by atoms with Gasteiger partial charge < -0.3 is 14.9 Å². The van der Waals surface area contributed by atoms with Crippen LogP contribution in [0.25, 0.3) is 0 Å². The molecule has 0 aliphatic rings. The molecule has 0 atom stereocenters. The van der Waals surface area contributed by atoms with E-state index < -0.39 is 24.5 Å². The maximum atomic E-state index is 11.7. The fraction of sp³-hybridized carbons (Fsp3) is 0.500. The van der Waals surface area contributed by atoms with Crippen molar-refractivity contribution in [1.29, 1.82) is 0 Å². The van der Waals surface area contributed by atoms with E-state index in [1.165, 1.54) is 0 Å². The van der Waals surface area contributed by atoms with Crippen LogP contribution in [-0.2, 0) is 6.54 Å². The number of nitrogens with one attached hydrogen (secondary N) is 1. The predicted molar refractivity (Wildman–Crippen MR) is 39.0 cm³/mol. The molecule has 0 fully saturated rings. The number of carbonyl (C=O) groups is 1. The van der Waals surface area contributed by atoms with Crippen molar-refractivity contribution in [3.8, 4) is 0 Å². The van der Waals surface area contributed by atoms with Crippen LogP contribution in [0, 0.1) is 0 Å². The number of hydrogen-bond donors (Lipinski definition) is 2. The van der Waals surface area contributed by atoms with Crippen molar-refractivity contribution in [2.45, 2.75) is 12.7 Å². The van der Waals surface area contributed by atoms with Crippen LogP contribution in [0.15, 0.2) is 4.52 Å². The first kappa shape index (κ1) is 11.4. The summed E-state index contributed by atoms with van der Waals surface area (Å²) in [6.07, 6.45) is -4.34. The third-order valence-electron chi connectivity index (χ3n) is 1.26. The van der Waals surface area contributed by atoms with Crippen LogP contribution in [0.2, 0.25) is 0 Å². The molecule has 9 heteroatoms. The van der Waals surface area contributed by atoms with Crippen molar-refractivity contribution in [3.05, 3.63) is 11.7 Å². The number of aromatic nitrogens is 2. The van der Waals surface area contributed by atoms with Crippen LogP contribution < -0.4 is 5.32 Å². The highest BCUT2D eigenvalue weighted by atomic mass is 19.4. The lowest BCUT2D eigenvalue weighted by Crippen LogP contribution is -2.28. The molecule has 1 rings (SSSR count). The molecule has 2 N–H and O–H groups in total. The van der Waals surface area contributed by atoms with Crippen molar-refractivity contribution in [1.82, 2.24) is 15.5 Å². The summed E-state index contributed by atoms with van der Waals surface area (Å²) < 4.78 is 39.4. The summed E-state index contributed by atoms with van der Waals surface area (Å²) in [6.45, 7) is -1.54. The lowest BCUT2D eigenvalue weighted by molar-refractivity contribution is -0.125. The molecule has 15 heavy (non-hydrogen) atoms. The second-order valence-electron chi connectivity index (χ2n) is 2.54. The molecule has 0 aromatic carbocycles. The molecule has 0 saturated carbocycles. The number of rotatable bonds is 4. The molecule has 0 aliphatic heterocycles. The Labute approximate surface area is 81.1 Å². The number of carboxylic acid groups (broad SMARTS) is 1. The number of nitrogens with zero attached hydrogens (tertiary/aromatic N) is 2. The Morgan fingerprint density at radius 3 is 2.67 bits per heavy atom. The van der Waals surface area contributed by atoms with Crippen molar-refractivity contribution in [2.75, 3.05) is 6.54 Å². The minimum Gasteiger partial charge on any atom is -0.475 e. The van der Waals surface area contributed by atoms with E-state index in [1.54, 1.807) is 0 Å². The van der Waals surface area contributed by atoms with Gasteiger partial charge in [0.25, 0.3) is 5.82 Å². The summed E-state index contributed by atoms with van der Waals surface area (Å²) in [4.78, 5) is 13.6. The molecule has 84 valence electrons. The van der Waals surface area contributed by atoms with Gasteiger partial charge in [-0.2, -0.15) is 18.2 Å². The van der Waals surface area contributed by atoms with Gasteiger partial charge in [0.2, 0.25) is 5.89 Å². The fourth-order valence-electron chi connectivity index (χ4n) is 0.725. The van der Waals surface area contributed by atoms with Crippen LogP contribution in [0.1, 0.15) is 16.5 Å². The lowest BCUT2D eigenvalue weighted by atomic mass is 10.5. The second kappa shape index (κ2) is 4.26. The number of carboxylic acids is 1. The Morgan fingerprint density at radius 2 is 2.20 bits per heavy atom. The Morgan fingerprint density at radius 1 is 1.53 bits per heavy atom. The van der Waals surface area contributed by atoms with Gasteiger partial charge in [0, 0.05) is 0 Å². The van der Waals surface area contributed by atoms with Gasteiger partial charge in [-0.25, -0.2) is 4.79 Å². The van der Waals surface area contributed by atoms with Crippen molar-refractivity contribution in [3.63, 3.8) is 0 Å². The molecular weight excluding hydrogens is 219 g/mol. The monoisotopic (exact) mass is 225 g/mol. The highest BCUT2D eigenvalue weighted by Crippen LogP contribution is 2.12. The molecule has 0 radical (unpaired) electrons. The molecular formula is C6H6F3N3O3. The molecule has 0 unspecified atom stereocenters. The second-order valence-corrected chi connectivity index (χ2v) is 2.54. The number of halogens is 3. The summed E-state index contributed by atoms with van der Waals surface area (Å²) in [7, 11) is 0. The highest BCUT2D eigenvalue weighted by Gasteiger charge is 2.26. The first-order valence-electron chi connectivity index (χ1n) is 3.72. The zero-order valence-corrected chi connectivity index (χ0v) is 7.21. The summed E-state index contributed by atoms with van der Waals surface area (Å²) in [5, 5.41) is 13.4. The van der Waals surface area contributed by atoms with Gasteiger partial charge in [0.05, 0.1) is 13.1 Å². The summed E-state index contributed by atoms with van der Waals surface area (Å²) >= 11 is 0. The first-order valence-corrected chi connectivity index (χ1v) is 3.72. The van der Waals surface area contributed by atoms with Gasteiger partial charge in [-0.1, -0.05) is 0 Å². The molecule has 6 nitrogen and oxygen atoms in total. The molecule has 0 amide bonds. The number of hydrogen-bond acceptors (Lipinski definition) is 5. The minimum atomic E-state index is -4.34. The van der Waals surface area contributed by atoms with E-state index in [2.05, 4.69) is 14.7 Å². The molecule has 1 heterocycles. The Balaban J connectivity index is 2.41. The van der Waals surface area contributed by atoms with E-state index in [1.807, 2.05) is 5.32 Å². The van der Waals surface area contributed by atoms with Crippen molar-refractivity contribution in [2.24, 2.45) is 0 Å². The summed E-state index contributed by atoms with van der Waals surface area (Å²) in [5.41, 5.74) is 0. The van der Waals surface area contributed by atoms with E-state index in [0.29, 0.717) is 0 Å². The molecule has 1 aromatic rings. The SMILES string of the molecule is O=C(O)c1noc(CNCC(F)(F)F)n1. The van der Waals surface area contributed by atoms with Gasteiger partial charge in [-0.05, 0) is 5.16 Å². The van der Waals surface area contributed by atoms with Crippen molar-refractivity contribution < 1.29 is 27.6 Å². The third kappa shape index (κ3) is 3.94. The molecule has 0 bridgehead atoms. The normalized spacial score (nSPS) is 11.7. The quantitative estimate of drug-likeness (QED) is 0.771. The average molecular weight is 225 g/mol. The smallest absolute Gasteiger partial charge is 0.401 e. The van der Waals surface area contributed by atoms with Crippen LogP contribution in [0.5, 0.6) is 0 Å². The van der Waals surface area contributed by atoms with E-state index >= 15 is 0 Å². The van der Waals surface area contributed by atoms with E-state index in [0.717, 1.165) is 0 Å². The van der Waals surface area contributed by atoms with E-state index in [4.69, 9.17) is 5.11 Å². The maximum absolute atomic E-state index is 11.7. The zero-order chi connectivity index (χ0) is 11.5. The molecule has 0 spiro atoms. The third-order valence-corrected chi connectivity index (χ3v) is 1.26. The highest BCUT2D eigenvalue weighted by molar-refractivity contribution is 5.82. The van der Waals surface area contributed by atoms with Gasteiger partial charge >= 0.3 is 12.1 Å². The van der Waals surface area contributed by atoms with E-state index in [9.17, 15) is 18.0 Å². The predicted octanol–water partition coefficient (Wildman–Crippen LogP) is 0.420. The maximum Gasteiger partial charge on any atom is 0.401 e. The van der Waals surface area contributed by atoms with Gasteiger partial charge in [-0.3, -0.25) is 0 Å². The van der Waals surface area contributed by atoms with Crippen LogP contribution in [0.4, 0.5) is 13.2 Å². The average Bonchev–Trinajstić information content (AvgIpc) is 2.50. The van der Waals surface area contributed by atoms with Gasteiger partial charge in [0.15, 0.2) is 0 Å².